The summed E-state index contributed by atoms with van der Waals surface area (Å²) < 4.78 is 39.5. The number of sulfonamides is 1. The molecule has 1 aliphatic rings. The van der Waals surface area contributed by atoms with Gasteiger partial charge in [0.1, 0.15) is 10.7 Å². The van der Waals surface area contributed by atoms with Crippen molar-refractivity contribution in [2.75, 3.05) is 21.1 Å². The average molecular weight is 376 g/mol. The summed E-state index contributed by atoms with van der Waals surface area (Å²) in [5, 5.41) is 0. The van der Waals surface area contributed by atoms with E-state index in [1.54, 1.807) is 11.9 Å². The van der Waals surface area contributed by atoms with Gasteiger partial charge in [-0.05, 0) is 42.2 Å². The minimum Gasteiger partial charge on any atom is -0.335 e. The van der Waals surface area contributed by atoms with E-state index in [1.807, 2.05) is 24.3 Å². The predicted octanol–water partition coefficient (Wildman–Crippen LogP) is 2.84. The number of carbonyl (C=O) groups is 1. The van der Waals surface area contributed by atoms with Gasteiger partial charge in [0.05, 0.1) is 6.04 Å². The van der Waals surface area contributed by atoms with Crippen LogP contribution in [0.25, 0.3) is 0 Å². The normalized spacial score (nSPS) is 16.6. The van der Waals surface area contributed by atoms with E-state index < -0.39 is 20.7 Å². The van der Waals surface area contributed by atoms with E-state index in [1.165, 1.54) is 25.7 Å². The molecule has 3 rings (SSSR count). The van der Waals surface area contributed by atoms with Crippen molar-refractivity contribution in [2.24, 2.45) is 0 Å². The second-order valence-corrected chi connectivity index (χ2v) is 8.72. The molecule has 0 aromatic heterocycles. The molecule has 0 saturated carbocycles. The zero-order valence-electron chi connectivity index (χ0n) is 14.9. The molecule has 1 atom stereocenters. The van der Waals surface area contributed by atoms with Gasteiger partial charge in [-0.15, -0.1) is 0 Å². The monoisotopic (exact) mass is 376 g/mol. The highest BCUT2D eigenvalue weighted by Crippen LogP contribution is 2.35. The molecule has 0 saturated heterocycles. The lowest BCUT2D eigenvalue weighted by molar-refractivity contribution is 0.0730. The van der Waals surface area contributed by atoms with Crippen LogP contribution in [0.4, 0.5) is 4.39 Å². The molecule has 1 unspecified atom stereocenters. The predicted molar refractivity (Wildman–Crippen MR) is 96.9 cm³/mol. The summed E-state index contributed by atoms with van der Waals surface area (Å²) in [5.41, 5.74) is 2.47. The Kier molecular flexibility index (Phi) is 4.86. The van der Waals surface area contributed by atoms with E-state index in [2.05, 4.69) is 0 Å². The van der Waals surface area contributed by atoms with Crippen molar-refractivity contribution in [3.63, 3.8) is 0 Å². The third-order valence-corrected chi connectivity index (χ3v) is 6.66. The number of aryl methyl sites for hydroxylation is 1. The zero-order valence-corrected chi connectivity index (χ0v) is 15.8. The molecule has 2 aromatic carbocycles. The molecular formula is C19H21FN2O3S. The van der Waals surface area contributed by atoms with Crippen LogP contribution in [-0.4, -0.2) is 44.7 Å². The van der Waals surface area contributed by atoms with Crippen LogP contribution in [0.3, 0.4) is 0 Å². The molecule has 0 aliphatic heterocycles. The summed E-state index contributed by atoms with van der Waals surface area (Å²) in [4.78, 5) is 14.0. The Bertz CT molecular complexity index is 957. The van der Waals surface area contributed by atoms with E-state index in [9.17, 15) is 17.6 Å². The summed E-state index contributed by atoms with van der Waals surface area (Å²) >= 11 is 0. The highest BCUT2D eigenvalue weighted by molar-refractivity contribution is 7.89. The largest absolute Gasteiger partial charge is 0.335 e. The molecule has 0 heterocycles. The molecule has 0 spiro atoms. The Morgan fingerprint density at radius 3 is 2.50 bits per heavy atom. The lowest BCUT2D eigenvalue weighted by atomic mass is 10.1. The first-order valence-electron chi connectivity index (χ1n) is 8.30. The van der Waals surface area contributed by atoms with Crippen LogP contribution in [0, 0.1) is 5.82 Å². The van der Waals surface area contributed by atoms with Crippen molar-refractivity contribution < 1.29 is 17.6 Å². The fourth-order valence-corrected chi connectivity index (χ4v) is 4.30. The van der Waals surface area contributed by atoms with Crippen molar-refractivity contribution >= 4 is 15.9 Å². The van der Waals surface area contributed by atoms with Crippen molar-refractivity contribution in [1.29, 1.82) is 0 Å². The zero-order chi connectivity index (χ0) is 19.1. The Hall–Kier alpha value is -2.25. The minimum absolute atomic E-state index is 0.0716. The summed E-state index contributed by atoms with van der Waals surface area (Å²) in [6.07, 6.45) is 1.70. The first-order valence-corrected chi connectivity index (χ1v) is 9.74. The van der Waals surface area contributed by atoms with E-state index >= 15 is 0 Å². The molecule has 1 amide bonds. The van der Waals surface area contributed by atoms with Gasteiger partial charge in [-0.25, -0.2) is 17.1 Å². The third kappa shape index (κ3) is 3.12. The standard InChI is InChI=1S/C19H21FN2O3S/c1-21(2)26(24,25)18-12-14(8-10-16(18)20)19(23)22(3)17-11-9-13-6-4-5-7-15(13)17/h4-8,10,12,17H,9,11H2,1-3H3. The molecule has 0 fully saturated rings. The van der Waals surface area contributed by atoms with Crippen molar-refractivity contribution in [3.05, 3.63) is 65.0 Å². The van der Waals surface area contributed by atoms with Gasteiger partial charge in [0.25, 0.3) is 5.91 Å². The van der Waals surface area contributed by atoms with Crippen LogP contribution in [0.2, 0.25) is 0 Å². The van der Waals surface area contributed by atoms with E-state index in [0.29, 0.717) is 0 Å². The Morgan fingerprint density at radius 1 is 1.12 bits per heavy atom. The molecule has 5 nitrogen and oxygen atoms in total. The maximum atomic E-state index is 14.1. The van der Waals surface area contributed by atoms with Gasteiger partial charge in [0.2, 0.25) is 10.0 Å². The highest BCUT2D eigenvalue weighted by Gasteiger charge is 2.30. The van der Waals surface area contributed by atoms with Gasteiger partial charge >= 0.3 is 0 Å². The Labute approximate surface area is 153 Å². The first-order chi connectivity index (χ1) is 12.2. The summed E-state index contributed by atoms with van der Waals surface area (Å²) in [7, 11) is 0.372. The summed E-state index contributed by atoms with van der Waals surface area (Å²) in [6, 6.07) is 11.4. The lowest BCUT2D eigenvalue weighted by Crippen LogP contribution is -2.30. The minimum atomic E-state index is -3.97. The molecule has 7 heteroatoms. The fourth-order valence-electron chi connectivity index (χ4n) is 3.31. The third-order valence-electron chi connectivity index (χ3n) is 4.83. The van der Waals surface area contributed by atoms with E-state index in [4.69, 9.17) is 0 Å². The second-order valence-electron chi connectivity index (χ2n) is 6.60. The number of hydrogen-bond acceptors (Lipinski definition) is 3. The number of carbonyl (C=O) groups excluding carboxylic acids is 1. The van der Waals surface area contributed by atoms with Crippen LogP contribution < -0.4 is 0 Å². The number of nitrogens with zero attached hydrogens (tertiary/aromatic N) is 2. The van der Waals surface area contributed by atoms with Crippen molar-refractivity contribution in [1.82, 2.24) is 9.21 Å². The topological polar surface area (TPSA) is 57.7 Å². The second kappa shape index (κ2) is 6.81. The summed E-state index contributed by atoms with van der Waals surface area (Å²) in [6.45, 7) is 0. The maximum Gasteiger partial charge on any atom is 0.254 e. The van der Waals surface area contributed by atoms with Crippen LogP contribution in [0.15, 0.2) is 47.4 Å². The highest BCUT2D eigenvalue weighted by atomic mass is 32.2. The molecule has 0 N–H and O–H groups in total. The van der Waals surface area contributed by atoms with Gasteiger partial charge in [-0.1, -0.05) is 24.3 Å². The lowest BCUT2D eigenvalue weighted by Gasteiger charge is -2.26. The summed E-state index contributed by atoms with van der Waals surface area (Å²) in [5.74, 6) is -1.20. The van der Waals surface area contributed by atoms with Gasteiger partial charge in [0, 0.05) is 26.7 Å². The molecule has 26 heavy (non-hydrogen) atoms. The van der Waals surface area contributed by atoms with Crippen LogP contribution in [0.1, 0.15) is 33.9 Å². The average Bonchev–Trinajstić information content (AvgIpc) is 3.04. The Balaban J connectivity index is 1.94. The number of hydrogen-bond donors (Lipinski definition) is 0. The number of amides is 1. The van der Waals surface area contributed by atoms with Gasteiger partial charge < -0.3 is 4.90 Å². The van der Waals surface area contributed by atoms with Crippen LogP contribution in [0.5, 0.6) is 0 Å². The first kappa shape index (κ1) is 18.5. The van der Waals surface area contributed by atoms with Crippen LogP contribution in [-0.2, 0) is 16.4 Å². The molecule has 2 aromatic rings. The molecule has 1 aliphatic carbocycles. The number of benzene rings is 2. The molecule has 0 bridgehead atoms. The molecule has 0 radical (unpaired) electrons. The SMILES string of the molecule is CN(C(=O)c1ccc(F)c(S(=O)(=O)N(C)C)c1)C1CCc2ccccc21. The van der Waals surface area contributed by atoms with Crippen LogP contribution >= 0.6 is 0 Å². The van der Waals surface area contributed by atoms with E-state index in [-0.39, 0.29) is 17.5 Å². The Morgan fingerprint density at radius 2 is 1.81 bits per heavy atom. The number of rotatable bonds is 4. The quantitative estimate of drug-likeness (QED) is 0.825. The smallest absolute Gasteiger partial charge is 0.254 e. The van der Waals surface area contributed by atoms with Crippen molar-refractivity contribution in [3.8, 4) is 0 Å². The van der Waals surface area contributed by atoms with E-state index in [0.717, 1.165) is 34.8 Å². The number of halogens is 1. The maximum absolute atomic E-state index is 14.1. The van der Waals surface area contributed by atoms with Gasteiger partial charge in [0.15, 0.2) is 0 Å². The van der Waals surface area contributed by atoms with Crippen molar-refractivity contribution in [2.45, 2.75) is 23.8 Å². The molecule has 138 valence electrons. The number of fused-ring (bicyclic) bond motifs is 1. The fraction of sp³-hybridized carbons (Fsp3) is 0.316. The van der Waals surface area contributed by atoms with Gasteiger partial charge in [-0.2, -0.15) is 0 Å². The van der Waals surface area contributed by atoms with Gasteiger partial charge in [-0.3, -0.25) is 4.79 Å². The molecular weight excluding hydrogens is 355 g/mol.